The van der Waals surface area contributed by atoms with Crippen LogP contribution in [0.3, 0.4) is 0 Å². The fourth-order valence-electron chi connectivity index (χ4n) is 2.76. The van der Waals surface area contributed by atoms with E-state index in [4.69, 9.17) is 16.3 Å². The maximum absolute atomic E-state index is 13.0. The van der Waals surface area contributed by atoms with Crippen LogP contribution < -0.4 is 10.6 Å². The molecule has 30 heavy (non-hydrogen) atoms. The van der Waals surface area contributed by atoms with Gasteiger partial charge in [0.2, 0.25) is 0 Å². The summed E-state index contributed by atoms with van der Waals surface area (Å²) in [5.41, 5.74) is 1.63. The van der Waals surface area contributed by atoms with Crippen LogP contribution in [0, 0.1) is 6.92 Å². The number of hydrogen-bond acceptors (Lipinski definition) is 5. The summed E-state index contributed by atoms with van der Waals surface area (Å²) in [6.45, 7) is 3.56. The maximum Gasteiger partial charge on any atom is 0.348 e. The Kier molecular flexibility index (Phi) is 6.87. The van der Waals surface area contributed by atoms with Gasteiger partial charge in [-0.2, -0.15) is 0 Å². The van der Waals surface area contributed by atoms with Crippen LogP contribution in [0.4, 0.5) is 10.7 Å². The quantitative estimate of drug-likeness (QED) is 0.501. The highest BCUT2D eigenvalue weighted by molar-refractivity contribution is 7.18. The summed E-state index contributed by atoms with van der Waals surface area (Å²) in [4.78, 5) is 38.3. The van der Waals surface area contributed by atoms with Gasteiger partial charge in [0.25, 0.3) is 11.8 Å². The van der Waals surface area contributed by atoms with Crippen molar-refractivity contribution in [3.8, 4) is 0 Å². The van der Waals surface area contributed by atoms with E-state index >= 15 is 0 Å². The zero-order chi connectivity index (χ0) is 21.7. The summed E-state index contributed by atoms with van der Waals surface area (Å²) in [5.74, 6) is -1.39. The van der Waals surface area contributed by atoms with Crippen molar-refractivity contribution in [2.45, 2.75) is 13.8 Å². The van der Waals surface area contributed by atoms with Crippen molar-refractivity contribution in [1.29, 1.82) is 0 Å². The number of esters is 1. The van der Waals surface area contributed by atoms with Crippen LogP contribution in [0.1, 0.15) is 42.9 Å². The minimum absolute atomic E-state index is 0.203. The molecule has 2 aromatic carbocycles. The first-order valence-corrected chi connectivity index (χ1v) is 10.3. The van der Waals surface area contributed by atoms with Gasteiger partial charge in [0.1, 0.15) is 9.88 Å². The number of carbonyl (C=O) groups excluding carboxylic acids is 3. The third kappa shape index (κ3) is 4.87. The Hall–Kier alpha value is -3.16. The Morgan fingerprint density at radius 2 is 1.63 bits per heavy atom. The Morgan fingerprint density at radius 1 is 0.967 bits per heavy atom. The van der Waals surface area contributed by atoms with Gasteiger partial charge in [-0.3, -0.25) is 9.59 Å². The Balaban J connectivity index is 1.96. The van der Waals surface area contributed by atoms with Crippen LogP contribution in [0.2, 0.25) is 5.02 Å². The highest BCUT2D eigenvalue weighted by Gasteiger charge is 2.26. The van der Waals surface area contributed by atoms with E-state index in [-0.39, 0.29) is 22.0 Å². The molecule has 0 aliphatic carbocycles. The number of nitrogens with one attached hydrogen (secondary N) is 2. The van der Waals surface area contributed by atoms with E-state index in [0.717, 1.165) is 11.3 Å². The lowest BCUT2D eigenvalue weighted by Gasteiger charge is -2.09. The van der Waals surface area contributed by atoms with E-state index in [2.05, 4.69) is 10.6 Å². The second-order valence-corrected chi connectivity index (χ2v) is 7.72. The normalized spacial score (nSPS) is 10.4. The molecule has 0 saturated carbocycles. The van der Waals surface area contributed by atoms with E-state index in [1.807, 2.05) is 6.07 Å². The first kappa shape index (κ1) is 21.5. The van der Waals surface area contributed by atoms with Crippen LogP contribution in [0.25, 0.3) is 0 Å². The maximum atomic E-state index is 13.0. The lowest BCUT2D eigenvalue weighted by atomic mass is 10.1. The minimum Gasteiger partial charge on any atom is -0.462 e. The Labute approximate surface area is 182 Å². The molecule has 2 amide bonds. The second-order valence-electron chi connectivity index (χ2n) is 6.26. The van der Waals surface area contributed by atoms with Gasteiger partial charge in [-0.25, -0.2) is 4.79 Å². The van der Waals surface area contributed by atoms with Crippen molar-refractivity contribution in [2.24, 2.45) is 0 Å². The molecule has 0 bridgehead atoms. The summed E-state index contributed by atoms with van der Waals surface area (Å²) in [6.07, 6.45) is 0. The fourth-order valence-corrected chi connectivity index (χ4v) is 3.98. The molecule has 0 saturated heterocycles. The number of thiophene rings is 1. The molecule has 0 unspecified atom stereocenters. The average Bonchev–Trinajstić information content (AvgIpc) is 3.05. The Bertz CT molecular complexity index is 1080. The molecule has 0 radical (unpaired) electrons. The second kappa shape index (κ2) is 9.56. The summed E-state index contributed by atoms with van der Waals surface area (Å²) >= 11 is 6.88. The first-order chi connectivity index (χ1) is 14.4. The number of rotatable bonds is 6. The van der Waals surface area contributed by atoms with Crippen LogP contribution in [-0.4, -0.2) is 24.4 Å². The molecule has 8 heteroatoms. The number of carbonyl (C=O) groups is 3. The molecular formula is C22H19ClN2O4S. The van der Waals surface area contributed by atoms with E-state index in [1.165, 1.54) is 0 Å². The summed E-state index contributed by atoms with van der Waals surface area (Å²) in [6, 6.07) is 15.3. The number of hydrogen-bond donors (Lipinski definition) is 2. The van der Waals surface area contributed by atoms with Crippen LogP contribution in [0.15, 0.2) is 54.6 Å². The van der Waals surface area contributed by atoms with E-state index in [9.17, 15) is 14.4 Å². The smallest absolute Gasteiger partial charge is 0.348 e. The molecule has 6 nitrogen and oxygen atoms in total. The van der Waals surface area contributed by atoms with E-state index in [0.29, 0.717) is 21.8 Å². The standard InChI is InChI=1S/C22H19ClN2O4S/c1-3-29-22(28)18-13(2)17(20(27)24-16-7-5-4-6-8-16)21(30-18)25-19(26)14-9-11-15(23)12-10-14/h4-12H,3H2,1-2H3,(H,24,27)(H,25,26). The van der Waals surface area contributed by atoms with Gasteiger partial charge in [-0.1, -0.05) is 29.8 Å². The van der Waals surface area contributed by atoms with Crippen molar-refractivity contribution in [2.75, 3.05) is 17.2 Å². The number of halogens is 1. The lowest BCUT2D eigenvalue weighted by molar-refractivity contribution is 0.0531. The van der Waals surface area contributed by atoms with Gasteiger partial charge >= 0.3 is 5.97 Å². The summed E-state index contributed by atoms with van der Waals surface area (Å²) in [5, 5.41) is 6.30. The molecule has 3 rings (SSSR count). The topological polar surface area (TPSA) is 84.5 Å². The van der Waals surface area contributed by atoms with E-state index in [1.54, 1.807) is 62.4 Å². The molecule has 1 aromatic heterocycles. The largest absolute Gasteiger partial charge is 0.462 e. The zero-order valence-electron chi connectivity index (χ0n) is 16.3. The number of benzene rings is 2. The van der Waals surface area contributed by atoms with Crippen molar-refractivity contribution in [3.05, 3.63) is 81.2 Å². The lowest BCUT2D eigenvalue weighted by Crippen LogP contribution is -2.17. The van der Waals surface area contributed by atoms with Gasteiger partial charge < -0.3 is 15.4 Å². The first-order valence-electron chi connectivity index (χ1n) is 9.14. The van der Waals surface area contributed by atoms with Gasteiger partial charge in [0.05, 0.1) is 12.2 Å². The predicted molar refractivity (Wildman–Crippen MR) is 119 cm³/mol. The molecule has 154 valence electrons. The SMILES string of the molecule is CCOC(=O)c1sc(NC(=O)c2ccc(Cl)cc2)c(C(=O)Nc2ccccc2)c1C. The molecule has 0 spiro atoms. The average molecular weight is 443 g/mol. The summed E-state index contributed by atoms with van der Waals surface area (Å²) in [7, 11) is 0. The molecule has 1 heterocycles. The summed E-state index contributed by atoms with van der Waals surface area (Å²) < 4.78 is 5.09. The minimum atomic E-state index is -0.541. The highest BCUT2D eigenvalue weighted by atomic mass is 35.5. The van der Waals surface area contributed by atoms with Gasteiger partial charge in [-0.15, -0.1) is 11.3 Å². The molecule has 0 atom stereocenters. The monoisotopic (exact) mass is 442 g/mol. The third-order valence-corrected chi connectivity index (χ3v) is 5.64. The molecule has 2 N–H and O–H groups in total. The van der Waals surface area contributed by atoms with Crippen molar-refractivity contribution >= 4 is 51.4 Å². The zero-order valence-corrected chi connectivity index (χ0v) is 17.9. The molecule has 3 aromatic rings. The van der Waals surface area contributed by atoms with Gasteiger partial charge in [-0.05, 0) is 55.8 Å². The van der Waals surface area contributed by atoms with Crippen molar-refractivity contribution < 1.29 is 19.1 Å². The molecule has 0 aliphatic heterocycles. The fraction of sp³-hybridized carbons (Fsp3) is 0.136. The number of ether oxygens (including phenoxy) is 1. The van der Waals surface area contributed by atoms with Crippen molar-refractivity contribution in [1.82, 2.24) is 0 Å². The van der Waals surface area contributed by atoms with E-state index < -0.39 is 17.8 Å². The van der Waals surface area contributed by atoms with Crippen LogP contribution >= 0.6 is 22.9 Å². The van der Waals surface area contributed by atoms with Crippen LogP contribution in [-0.2, 0) is 4.74 Å². The highest BCUT2D eigenvalue weighted by Crippen LogP contribution is 2.34. The number of amides is 2. The Morgan fingerprint density at radius 3 is 2.27 bits per heavy atom. The number of anilines is 2. The van der Waals surface area contributed by atoms with Gasteiger partial charge in [0.15, 0.2) is 0 Å². The molecular weight excluding hydrogens is 424 g/mol. The van der Waals surface area contributed by atoms with Gasteiger partial charge in [0, 0.05) is 16.3 Å². The van der Waals surface area contributed by atoms with Crippen LogP contribution in [0.5, 0.6) is 0 Å². The molecule has 0 aliphatic rings. The van der Waals surface area contributed by atoms with Crippen molar-refractivity contribution in [3.63, 3.8) is 0 Å². The predicted octanol–water partition coefficient (Wildman–Crippen LogP) is 5.39. The molecule has 0 fully saturated rings. The third-order valence-electron chi connectivity index (χ3n) is 4.20. The number of para-hydroxylation sites is 1.